The Morgan fingerprint density at radius 2 is 2.03 bits per heavy atom. The second kappa shape index (κ2) is 7.80. The van der Waals surface area contributed by atoms with E-state index in [1.54, 1.807) is 6.92 Å². The Labute approximate surface area is 171 Å². The van der Waals surface area contributed by atoms with Crippen molar-refractivity contribution in [2.75, 3.05) is 13.1 Å². The Hall–Kier alpha value is -3.22. The molecule has 0 saturated carbocycles. The van der Waals surface area contributed by atoms with Gasteiger partial charge in [0.1, 0.15) is 5.52 Å². The SMILES string of the molecule is CCn1c(=O)n(-c2noc(C3CCNCC3)n2)c2c(OC(=O)C(F)(F)F)c(F)ccc21. The van der Waals surface area contributed by atoms with E-state index < -0.39 is 34.9 Å². The number of nitrogens with zero attached hydrogens (tertiary/aromatic N) is 4. The van der Waals surface area contributed by atoms with E-state index in [0.29, 0.717) is 0 Å². The third kappa shape index (κ3) is 3.69. The van der Waals surface area contributed by atoms with Gasteiger partial charge in [0.2, 0.25) is 5.89 Å². The zero-order valence-corrected chi connectivity index (χ0v) is 16.2. The predicted molar refractivity (Wildman–Crippen MR) is 97.6 cm³/mol. The van der Waals surface area contributed by atoms with E-state index >= 15 is 0 Å². The van der Waals surface area contributed by atoms with Gasteiger partial charge in [-0.1, -0.05) is 0 Å². The van der Waals surface area contributed by atoms with Gasteiger partial charge in [0, 0.05) is 12.5 Å². The third-order valence-electron chi connectivity index (χ3n) is 5.06. The summed E-state index contributed by atoms with van der Waals surface area (Å²) in [5.74, 6) is -5.01. The molecule has 0 amide bonds. The first-order valence-electron chi connectivity index (χ1n) is 9.49. The third-order valence-corrected chi connectivity index (χ3v) is 5.06. The molecule has 3 aromatic rings. The number of carbonyl (C=O) groups excluding carboxylic acids is 1. The first-order chi connectivity index (χ1) is 14.7. The van der Waals surface area contributed by atoms with Crippen LogP contribution in [0.5, 0.6) is 5.75 Å². The molecule has 1 aromatic carbocycles. The summed E-state index contributed by atoms with van der Waals surface area (Å²) in [6.45, 7) is 3.20. The van der Waals surface area contributed by atoms with Crippen molar-refractivity contribution in [3.8, 4) is 11.7 Å². The maximum Gasteiger partial charge on any atom is 0.491 e. The summed E-state index contributed by atoms with van der Waals surface area (Å²) >= 11 is 0. The Kier molecular flexibility index (Phi) is 5.29. The lowest BCUT2D eigenvalue weighted by atomic mass is 9.98. The zero-order chi connectivity index (χ0) is 22.3. The highest BCUT2D eigenvalue weighted by Gasteiger charge is 2.42. The second-order valence-corrected chi connectivity index (χ2v) is 6.95. The number of fused-ring (bicyclic) bond motifs is 1. The summed E-state index contributed by atoms with van der Waals surface area (Å²) in [6, 6.07) is 2.01. The van der Waals surface area contributed by atoms with Crippen LogP contribution < -0.4 is 15.7 Å². The van der Waals surface area contributed by atoms with Crippen LogP contribution in [-0.4, -0.2) is 44.5 Å². The van der Waals surface area contributed by atoms with Crippen LogP contribution in [0.1, 0.15) is 31.6 Å². The number of rotatable bonds is 4. The highest BCUT2D eigenvalue weighted by atomic mass is 19.4. The minimum absolute atomic E-state index is 0.0482. The number of aromatic nitrogens is 4. The molecule has 9 nitrogen and oxygen atoms in total. The molecule has 1 saturated heterocycles. The molecule has 1 N–H and O–H groups in total. The first kappa shape index (κ1) is 21.0. The number of esters is 1. The minimum Gasteiger partial charge on any atom is -0.414 e. The predicted octanol–water partition coefficient (Wildman–Crippen LogP) is 2.27. The van der Waals surface area contributed by atoms with Crippen molar-refractivity contribution < 1.29 is 31.6 Å². The summed E-state index contributed by atoms with van der Waals surface area (Å²) in [5.41, 5.74) is -1.10. The van der Waals surface area contributed by atoms with E-state index in [0.717, 1.165) is 36.6 Å². The number of hydrogen-bond acceptors (Lipinski definition) is 7. The van der Waals surface area contributed by atoms with Crippen LogP contribution in [0.2, 0.25) is 0 Å². The van der Waals surface area contributed by atoms with Gasteiger partial charge >= 0.3 is 17.8 Å². The van der Waals surface area contributed by atoms with Crippen molar-refractivity contribution in [1.29, 1.82) is 0 Å². The second-order valence-electron chi connectivity index (χ2n) is 6.95. The molecular formula is C18H17F4N5O4. The van der Waals surface area contributed by atoms with Gasteiger partial charge in [-0.15, -0.1) is 0 Å². The van der Waals surface area contributed by atoms with Crippen LogP contribution in [-0.2, 0) is 11.3 Å². The van der Waals surface area contributed by atoms with Gasteiger partial charge < -0.3 is 14.6 Å². The van der Waals surface area contributed by atoms with Crippen molar-refractivity contribution in [3.05, 3.63) is 34.3 Å². The molecule has 0 radical (unpaired) electrons. The Morgan fingerprint density at radius 1 is 1.32 bits per heavy atom. The molecule has 1 aliphatic heterocycles. The van der Waals surface area contributed by atoms with E-state index in [2.05, 4.69) is 20.2 Å². The van der Waals surface area contributed by atoms with Gasteiger partial charge in [0.25, 0.3) is 5.95 Å². The fourth-order valence-electron chi connectivity index (χ4n) is 3.58. The maximum atomic E-state index is 14.5. The number of ether oxygens (including phenoxy) is 1. The molecule has 0 aliphatic carbocycles. The number of hydrogen-bond donors (Lipinski definition) is 1. The minimum atomic E-state index is -5.36. The summed E-state index contributed by atoms with van der Waals surface area (Å²) in [7, 11) is 0. The molecule has 13 heteroatoms. The topological polar surface area (TPSA) is 104 Å². The van der Waals surface area contributed by atoms with Crippen LogP contribution in [0, 0.1) is 5.82 Å². The number of halogens is 4. The summed E-state index contributed by atoms with van der Waals surface area (Å²) in [6.07, 6.45) is -3.92. The van der Waals surface area contributed by atoms with Gasteiger partial charge in [0.15, 0.2) is 11.6 Å². The molecular weight excluding hydrogens is 426 g/mol. The molecule has 1 fully saturated rings. The standard InChI is InChI=1S/C18H17F4N5O4/c1-2-26-11-4-3-10(19)13(30-15(28)18(20,21)22)12(11)27(17(26)29)16-24-14(31-25-16)9-5-7-23-8-6-9/h3-4,9,23H,2,5-8H2,1H3. The molecule has 4 rings (SSSR count). The molecule has 0 bridgehead atoms. The lowest BCUT2D eigenvalue weighted by Gasteiger charge is -2.18. The van der Waals surface area contributed by atoms with Gasteiger partial charge in [-0.05, 0) is 50.1 Å². The molecule has 31 heavy (non-hydrogen) atoms. The van der Waals surface area contributed by atoms with Gasteiger partial charge in [0.05, 0.1) is 5.52 Å². The van der Waals surface area contributed by atoms with Crippen molar-refractivity contribution >= 4 is 17.0 Å². The molecule has 0 atom stereocenters. The Balaban J connectivity index is 1.90. The van der Waals surface area contributed by atoms with Crippen LogP contribution >= 0.6 is 0 Å². The summed E-state index contributed by atoms with van der Waals surface area (Å²) in [4.78, 5) is 28.6. The lowest BCUT2D eigenvalue weighted by molar-refractivity contribution is -0.189. The van der Waals surface area contributed by atoms with Crippen LogP contribution in [0.3, 0.4) is 0 Å². The normalized spacial score (nSPS) is 15.5. The van der Waals surface area contributed by atoms with E-state index in [4.69, 9.17) is 4.52 Å². The number of imidazole rings is 1. The van der Waals surface area contributed by atoms with Crippen molar-refractivity contribution in [2.45, 2.75) is 38.4 Å². The molecule has 166 valence electrons. The number of benzene rings is 1. The van der Waals surface area contributed by atoms with Crippen LogP contribution in [0.4, 0.5) is 17.6 Å². The maximum absolute atomic E-state index is 14.5. The molecule has 0 spiro atoms. The van der Waals surface area contributed by atoms with E-state index in [1.165, 1.54) is 10.6 Å². The molecule has 1 aliphatic rings. The zero-order valence-electron chi connectivity index (χ0n) is 16.2. The van der Waals surface area contributed by atoms with E-state index in [9.17, 15) is 27.2 Å². The fourth-order valence-corrected chi connectivity index (χ4v) is 3.58. The number of alkyl halides is 3. The van der Waals surface area contributed by atoms with Crippen molar-refractivity contribution in [1.82, 2.24) is 24.6 Å². The van der Waals surface area contributed by atoms with E-state index in [-0.39, 0.29) is 29.8 Å². The summed E-state index contributed by atoms with van der Waals surface area (Å²) in [5, 5.41) is 6.96. The molecule has 0 unspecified atom stereocenters. The van der Waals surface area contributed by atoms with Crippen molar-refractivity contribution in [2.24, 2.45) is 0 Å². The van der Waals surface area contributed by atoms with Gasteiger partial charge in [-0.3, -0.25) is 4.57 Å². The monoisotopic (exact) mass is 443 g/mol. The van der Waals surface area contributed by atoms with Crippen LogP contribution in [0.25, 0.3) is 17.0 Å². The highest BCUT2D eigenvalue weighted by molar-refractivity contribution is 5.88. The highest BCUT2D eigenvalue weighted by Crippen LogP contribution is 2.32. The number of carbonyl (C=O) groups is 1. The van der Waals surface area contributed by atoms with Crippen LogP contribution in [0.15, 0.2) is 21.5 Å². The summed E-state index contributed by atoms with van der Waals surface area (Å²) < 4.78 is 64.2. The number of aryl methyl sites for hydroxylation is 1. The average Bonchev–Trinajstić information content (AvgIpc) is 3.32. The number of nitrogens with one attached hydrogen (secondary N) is 1. The van der Waals surface area contributed by atoms with E-state index in [1.807, 2.05) is 0 Å². The quantitative estimate of drug-likeness (QED) is 0.375. The Morgan fingerprint density at radius 3 is 2.68 bits per heavy atom. The first-order valence-corrected chi connectivity index (χ1v) is 9.49. The Bertz CT molecular complexity index is 1190. The fraction of sp³-hybridized carbons (Fsp3) is 0.444. The molecule has 3 heterocycles. The lowest BCUT2D eigenvalue weighted by Crippen LogP contribution is -2.28. The average molecular weight is 443 g/mol. The number of piperidine rings is 1. The van der Waals surface area contributed by atoms with Gasteiger partial charge in [-0.25, -0.2) is 18.5 Å². The molecule has 2 aromatic heterocycles. The largest absolute Gasteiger partial charge is 0.491 e. The smallest absolute Gasteiger partial charge is 0.414 e. The van der Waals surface area contributed by atoms with Gasteiger partial charge in [-0.2, -0.15) is 18.2 Å². The van der Waals surface area contributed by atoms with Crippen molar-refractivity contribution in [3.63, 3.8) is 0 Å².